The molecule has 136 valence electrons. The maximum atomic E-state index is 12.9. The first-order valence-electron chi connectivity index (χ1n) is 9.51. The lowest BCUT2D eigenvalue weighted by molar-refractivity contribution is -0.120. The predicted octanol–water partition coefficient (Wildman–Crippen LogP) is 4.86. The van der Waals surface area contributed by atoms with Gasteiger partial charge in [-0.1, -0.05) is 31.4 Å². The molecule has 1 N–H and O–H groups in total. The van der Waals surface area contributed by atoms with Crippen LogP contribution in [0.3, 0.4) is 0 Å². The van der Waals surface area contributed by atoms with Crippen LogP contribution in [0.4, 0.5) is 11.4 Å². The average molecular weight is 369 g/mol. The highest BCUT2D eigenvalue weighted by atomic mass is 32.1. The number of carbonyl (C=O) groups excluding carboxylic acids is 2. The molecule has 2 aromatic rings. The van der Waals surface area contributed by atoms with Gasteiger partial charge in [-0.15, -0.1) is 11.3 Å². The minimum Gasteiger partial charge on any atom is -0.326 e. The van der Waals surface area contributed by atoms with Crippen LogP contribution >= 0.6 is 11.3 Å². The van der Waals surface area contributed by atoms with Gasteiger partial charge in [0, 0.05) is 23.8 Å². The van der Waals surface area contributed by atoms with Gasteiger partial charge in [-0.25, -0.2) is 0 Å². The summed E-state index contributed by atoms with van der Waals surface area (Å²) in [5, 5.41) is 5.01. The number of benzene rings is 1. The summed E-state index contributed by atoms with van der Waals surface area (Å²) in [5.74, 6) is 0.303. The number of aryl methyl sites for hydroxylation is 1. The zero-order chi connectivity index (χ0) is 17.9. The van der Waals surface area contributed by atoms with Gasteiger partial charge in [0.25, 0.3) is 5.91 Å². The van der Waals surface area contributed by atoms with Crippen LogP contribution in [0.2, 0.25) is 0 Å². The Kier molecular flexibility index (Phi) is 5.07. The van der Waals surface area contributed by atoms with E-state index < -0.39 is 0 Å². The van der Waals surface area contributed by atoms with Crippen molar-refractivity contribution in [2.75, 3.05) is 16.8 Å². The molecular formula is C21H24N2O2S. The molecule has 2 heterocycles. The maximum Gasteiger partial charge on any atom is 0.268 e. The number of thiophene rings is 1. The average Bonchev–Trinajstić information content (AvgIpc) is 3.22. The van der Waals surface area contributed by atoms with Crippen LogP contribution in [0, 0.1) is 5.92 Å². The molecule has 0 radical (unpaired) electrons. The molecule has 4 rings (SSSR count). The topological polar surface area (TPSA) is 49.4 Å². The Morgan fingerprint density at radius 3 is 2.69 bits per heavy atom. The van der Waals surface area contributed by atoms with E-state index in [9.17, 15) is 9.59 Å². The molecule has 0 unspecified atom stereocenters. The van der Waals surface area contributed by atoms with Gasteiger partial charge >= 0.3 is 0 Å². The van der Waals surface area contributed by atoms with Crippen molar-refractivity contribution in [3.63, 3.8) is 0 Å². The second kappa shape index (κ2) is 7.62. The number of hydrogen-bond donors (Lipinski definition) is 1. The molecule has 0 atom stereocenters. The van der Waals surface area contributed by atoms with Crippen LogP contribution in [-0.2, 0) is 11.2 Å². The van der Waals surface area contributed by atoms with Gasteiger partial charge in [-0.05, 0) is 54.8 Å². The second-order valence-electron chi connectivity index (χ2n) is 7.21. The van der Waals surface area contributed by atoms with Crippen molar-refractivity contribution >= 4 is 34.5 Å². The van der Waals surface area contributed by atoms with E-state index >= 15 is 0 Å². The zero-order valence-corrected chi connectivity index (χ0v) is 15.7. The summed E-state index contributed by atoms with van der Waals surface area (Å²) in [6.07, 6.45) is 7.44. The van der Waals surface area contributed by atoms with E-state index in [2.05, 4.69) is 11.4 Å². The Balaban J connectivity index is 1.55. The molecule has 26 heavy (non-hydrogen) atoms. The Bertz CT molecular complexity index is 794. The summed E-state index contributed by atoms with van der Waals surface area (Å²) >= 11 is 1.47. The van der Waals surface area contributed by atoms with Gasteiger partial charge < -0.3 is 10.2 Å². The quantitative estimate of drug-likeness (QED) is 0.841. The monoisotopic (exact) mass is 368 g/mol. The number of fused-ring (bicyclic) bond motifs is 1. The number of rotatable bonds is 3. The minimum absolute atomic E-state index is 0.0525. The van der Waals surface area contributed by atoms with Crippen molar-refractivity contribution in [1.82, 2.24) is 0 Å². The molecule has 1 aromatic carbocycles. The number of nitrogens with one attached hydrogen (secondary N) is 1. The maximum absolute atomic E-state index is 12.9. The Hall–Kier alpha value is -2.14. The Morgan fingerprint density at radius 2 is 1.92 bits per heavy atom. The highest BCUT2D eigenvalue weighted by Gasteiger charge is 2.26. The summed E-state index contributed by atoms with van der Waals surface area (Å²) in [5.41, 5.74) is 2.91. The van der Waals surface area contributed by atoms with Gasteiger partial charge in [0.2, 0.25) is 5.91 Å². The molecule has 2 amide bonds. The first-order chi connectivity index (χ1) is 12.7. The zero-order valence-electron chi connectivity index (χ0n) is 14.9. The fraction of sp³-hybridized carbons (Fsp3) is 0.429. The van der Waals surface area contributed by atoms with Crippen LogP contribution in [0.15, 0.2) is 35.7 Å². The molecule has 4 nitrogen and oxygen atoms in total. The number of hydrogen-bond acceptors (Lipinski definition) is 3. The van der Waals surface area contributed by atoms with E-state index in [4.69, 9.17) is 0 Å². The fourth-order valence-corrected chi connectivity index (χ4v) is 4.68. The van der Waals surface area contributed by atoms with E-state index in [0.29, 0.717) is 0 Å². The summed E-state index contributed by atoms with van der Waals surface area (Å²) in [4.78, 5) is 28.0. The van der Waals surface area contributed by atoms with Crippen molar-refractivity contribution in [2.24, 2.45) is 5.92 Å². The van der Waals surface area contributed by atoms with Gasteiger partial charge in [-0.2, -0.15) is 0 Å². The lowest BCUT2D eigenvalue weighted by Crippen LogP contribution is -2.35. The van der Waals surface area contributed by atoms with Crippen molar-refractivity contribution in [1.29, 1.82) is 0 Å². The number of anilines is 2. The molecule has 2 aliphatic rings. The standard InChI is InChI=1S/C21H24N2O2S/c24-20(16-6-2-1-3-7-16)22-17-11-10-15-8-4-12-23(18(15)14-17)21(25)19-9-5-13-26-19/h5,9-11,13-14,16H,1-4,6-8,12H2,(H,22,24). The normalized spacial score (nSPS) is 17.6. The summed E-state index contributed by atoms with van der Waals surface area (Å²) < 4.78 is 0. The van der Waals surface area contributed by atoms with Crippen LogP contribution in [-0.4, -0.2) is 18.4 Å². The van der Waals surface area contributed by atoms with Crippen molar-refractivity contribution in [3.8, 4) is 0 Å². The molecule has 1 aliphatic heterocycles. The van der Waals surface area contributed by atoms with E-state index in [1.807, 2.05) is 34.5 Å². The van der Waals surface area contributed by atoms with Crippen molar-refractivity contribution in [2.45, 2.75) is 44.9 Å². The molecule has 0 bridgehead atoms. The molecule has 5 heteroatoms. The highest BCUT2D eigenvalue weighted by Crippen LogP contribution is 2.32. The van der Waals surface area contributed by atoms with Crippen LogP contribution < -0.4 is 10.2 Å². The van der Waals surface area contributed by atoms with Gasteiger partial charge in [0.1, 0.15) is 0 Å². The molecule has 0 spiro atoms. The van der Waals surface area contributed by atoms with Crippen LogP contribution in [0.5, 0.6) is 0 Å². The van der Waals surface area contributed by atoms with Crippen molar-refractivity contribution in [3.05, 3.63) is 46.2 Å². The molecule has 1 fully saturated rings. The van der Waals surface area contributed by atoms with Gasteiger partial charge in [0.15, 0.2) is 0 Å². The second-order valence-corrected chi connectivity index (χ2v) is 8.15. The minimum atomic E-state index is 0.0525. The third-order valence-electron chi connectivity index (χ3n) is 5.42. The lowest BCUT2D eigenvalue weighted by Gasteiger charge is -2.30. The Labute approximate surface area is 158 Å². The fourth-order valence-electron chi connectivity index (χ4n) is 4.01. The lowest BCUT2D eigenvalue weighted by atomic mass is 9.88. The largest absolute Gasteiger partial charge is 0.326 e. The first-order valence-corrected chi connectivity index (χ1v) is 10.4. The van der Waals surface area contributed by atoms with Crippen LogP contribution in [0.25, 0.3) is 0 Å². The molecule has 1 saturated carbocycles. The summed E-state index contributed by atoms with van der Waals surface area (Å²) in [6, 6.07) is 9.78. The number of amides is 2. The van der Waals surface area contributed by atoms with E-state index in [0.717, 1.165) is 61.3 Å². The molecule has 1 aromatic heterocycles. The van der Waals surface area contributed by atoms with E-state index in [1.165, 1.54) is 23.3 Å². The number of carbonyl (C=O) groups is 2. The van der Waals surface area contributed by atoms with E-state index in [-0.39, 0.29) is 17.7 Å². The third kappa shape index (κ3) is 3.54. The van der Waals surface area contributed by atoms with Gasteiger partial charge in [-0.3, -0.25) is 9.59 Å². The van der Waals surface area contributed by atoms with Crippen molar-refractivity contribution < 1.29 is 9.59 Å². The molecule has 1 aliphatic carbocycles. The van der Waals surface area contributed by atoms with E-state index in [1.54, 1.807) is 0 Å². The smallest absolute Gasteiger partial charge is 0.268 e. The predicted molar refractivity (Wildman–Crippen MR) is 106 cm³/mol. The highest BCUT2D eigenvalue weighted by molar-refractivity contribution is 7.12. The molecule has 0 saturated heterocycles. The molecular weight excluding hydrogens is 344 g/mol. The van der Waals surface area contributed by atoms with Gasteiger partial charge in [0.05, 0.1) is 4.88 Å². The Morgan fingerprint density at radius 1 is 1.08 bits per heavy atom. The summed E-state index contributed by atoms with van der Waals surface area (Å²) in [7, 11) is 0. The summed E-state index contributed by atoms with van der Waals surface area (Å²) in [6.45, 7) is 0.726. The number of nitrogens with zero attached hydrogens (tertiary/aromatic N) is 1. The first kappa shape index (κ1) is 17.3. The van der Waals surface area contributed by atoms with Crippen LogP contribution in [0.1, 0.15) is 53.8 Å². The third-order valence-corrected chi connectivity index (χ3v) is 6.28. The SMILES string of the molecule is O=C(Nc1ccc2c(c1)N(C(=O)c1cccs1)CCC2)C1CCCCC1.